The van der Waals surface area contributed by atoms with E-state index in [1.165, 1.54) is 39.9 Å². The molecule has 1 nitrogen and oxygen atoms in total. The van der Waals surface area contributed by atoms with Crippen LogP contribution < -0.4 is 5.32 Å². The van der Waals surface area contributed by atoms with Crippen molar-refractivity contribution in [3.8, 4) is 0 Å². The van der Waals surface area contributed by atoms with Crippen LogP contribution in [0.25, 0.3) is 0 Å². The Morgan fingerprint density at radius 2 is 2.15 bits per heavy atom. The second kappa shape index (κ2) is 6.73. The summed E-state index contributed by atoms with van der Waals surface area (Å²) in [6.07, 6.45) is 6.42. The molecule has 0 radical (unpaired) electrons. The highest BCUT2D eigenvalue weighted by Crippen LogP contribution is 2.35. The first-order valence-electron chi connectivity index (χ1n) is 7.34. The maximum Gasteiger partial charge on any atom is 0.0463 e. The SMILES string of the molecule is CCNC(Cc1cc(Br)cs1)c1cc2c(s1)CCCC2. The van der Waals surface area contributed by atoms with Gasteiger partial charge in [0.05, 0.1) is 0 Å². The van der Waals surface area contributed by atoms with Gasteiger partial charge in [-0.2, -0.15) is 0 Å². The van der Waals surface area contributed by atoms with Gasteiger partial charge in [0, 0.05) is 36.9 Å². The lowest BCUT2D eigenvalue weighted by atomic mass is 9.98. The molecule has 2 aromatic rings. The number of halogens is 1. The number of nitrogens with one attached hydrogen (secondary N) is 1. The first kappa shape index (κ1) is 14.8. The van der Waals surface area contributed by atoms with Crippen LogP contribution in [0, 0.1) is 0 Å². The molecular formula is C16H20BrNS2. The zero-order valence-electron chi connectivity index (χ0n) is 11.7. The molecule has 3 rings (SSSR count). The van der Waals surface area contributed by atoms with Crippen LogP contribution in [0.15, 0.2) is 22.0 Å². The van der Waals surface area contributed by atoms with Crippen LogP contribution in [0.1, 0.15) is 46.0 Å². The van der Waals surface area contributed by atoms with Gasteiger partial charge in [-0.05, 0) is 65.9 Å². The number of hydrogen-bond acceptors (Lipinski definition) is 3. The summed E-state index contributed by atoms with van der Waals surface area (Å²) in [6, 6.07) is 5.19. The van der Waals surface area contributed by atoms with Crippen LogP contribution in [0.4, 0.5) is 0 Å². The summed E-state index contributed by atoms with van der Waals surface area (Å²) in [5.74, 6) is 0. The normalized spacial score (nSPS) is 16.1. The Labute approximate surface area is 137 Å². The van der Waals surface area contributed by atoms with E-state index in [0.29, 0.717) is 6.04 Å². The Kier molecular flexibility index (Phi) is 4.97. The second-order valence-corrected chi connectivity index (χ2v) is 8.43. The fourth-order valence-corrected chi connectivity index (χ4v) is 5.70. The molecule has 1 aliphatic rings. The van der Waals surface area contributed by atoms with E-state index >= 15 is 0 Å². The van der Waals surface area contributed by atoms with E-state index in [2.05, 4.69) is 45.7 Å². The molecule has 1 atom stereocenters. The van der Waals surface area contributed by atoms with E-state index < -0.39 is 0 Å². The summed E-state index contributed by atoms with van der Waals surface area (Å²) < 4.78 is 1.21. The second-order valence-electron chi connectivity index (χ2n) is 5.35. The molecule has 4 heteroatoms. The van der Waals surface area contributed by atoms with Gasteiger partial charge in [-0.25, -0.2) is 0 Å². The molecule has 2 aromatic heterocycles. The van der Waals surface area contributed by atoms with Crippen molar-refractivity contribution < 1.29 is 0 Å². The van der Waals surface area contributed by atoms with Gasteiger partial charge in [0.1, 0.15) is 0 Å². The Morgan fingerprint density at radius 1 is 1.30 bits per heavy atom. The topological polar surface area (TPSA) is 12.0 Å². The predicted molar refractivity (Wildman–Crippen MR) is 93.1 cm³/mol. The van der Waals surface area contributed by atoms with Crippen LogP contribution in [0.5, 0.6) is 0 Å². The van der Waals surface area contributed by atoms with Crippen molar-refractivity contribution in [3.05, 3.63) is 42.2 Å². The molecule has 2 heterocycles. The average Bonchev–Trinajstić information content (AvgIpc) is 3.04. The third kappa shape index (κ3) is 3.35. The van der Waals surface area contributed by atoms with Crippen molar-refractivity contribution in [2.24, 2.45) is 0 Å². The molecule has 0 saturated carbocycles. The van der Waals surface area contributed by atoms with Crippen LogP contribution in [0.3, 0.4) is 0 Å². The molecular weight excluding hydrogens is 350 g/mol. The highest BCUT2D eigenvalue weighted by Gasteiger charge is 2.19. The minimum atomic E-state index is 0.473. The van der Waals surface area contributed by atoms with E-state index in [1.54, 1.807) is 10.4 Å². The van der Waals surface area contributed by atoms with Gasteiger partial charge in [0.2, 0.25) is 0 Å². The first-order chi connectivity index (χ1) is 9.76. The molecule has 0 spiro atoms. The monoisotopic (exact) mass is 369 g/mol. The number of thiophene rings is 2. The smallest absolute Gasteiger partial charge is 0.0463 e. The Bertz CT molecular complexity index is 549. The molecule has 1 aliphatic carbocycles. The Morgan fingerprint density at radius 3 is 2.85 bits per heavy atom. The molecule has 0 fully saturated rings. The van der Waals surface area contributed by atoms with Crippen molar-refractivity contribution in [3.63, 3.8) is 0 Å². The van der Waals surface area contributed by atoms with E-state index in [1.807, 2.05) is 22.7 Å². The molecule has 108 valence electrons. The number of aryl methyl sites for hydroxylation is 2. The van der Waals surface area contributed by atoms with Crippen molar-refractivity contribution >= 4 is 38.6 Å². The number of rotatable bonds is 5. The quantitative estimate of drug-likeness (QED) is 0.749. The van der Waals surface area contributed by atoms with Gasteiger partial charge >= 0.3 is 0 Å². The third-order valence-corrected chi connectivity index (χ3v) is 6.91. The summed E-state index contributed by atoms with van der Waals surface area (Å²) in [4.78, 5) is 4.62. The minimum Gasteiger partial charge on any atom is -0.309 e. The van der Waals surface area contributed by atoms with Gasteiger partial charge in [-0.1, -0.05) is 6.92 Å². The zero-order chi connectivity index (χ0) is 13.9. The van der Waals surface area contributed by atoms with Gasteiger partial charge < -0.3 is 5.32 Å². The maximum absolute atomic E-state index is 3.67. The van der Waals surface area contributed by atoms with Crippen molar-refractivity contribution in [1.29, 1.82) is 0 Å². The van der Waals surface area contributed by atoms with Gasteiger partial charge in [-0.15, -0.1) is 22.7 Å². The van der Waals surface area contributed by atoms with E-state index in [9.17, 15) is 0 Å². The molecule has 0 bridgehead atoms. The lowest BCUT2D eigenvalue weighted by molar-refractivity contribution is 0.561. The number of hydrogen-bond donors (Lipinski definition) is 1. The van der Waals surface area contributed by atoms with Crippen LogP contribution >= 0.6 is 38.6 Å². The minimum absolute atomic E-state index is 0.473. The number of fused-ring (bicyclic) bond motifs is 1. The van der Waals surface area contributed by atoms with E-state index in [4.69, 9.17) is 0 Å². The molecule has 0 aromatic carbocycles. The molecule has 1 unspecified atom stereocenters. The van der Waals surface area contributed by atoms with Crippen molar-refractivity contribution in [2.75, 3.05) is 6.54 Å². The lowest BCUT2D eigenvalue weighted by Gasteiger charge is -2.15. The number of likely N-dealkylation sites (N-methyl/N-ethyl adjacent to an activating group) is 1. The zero-order valence-corrected chi connectivity index (χ0v) is 15.0. The highest BCUT2D eigenvalue weighted by molar-refractivity contribution is 9.10. The summed E-state index contributed by atoms with van der Waals surface area (Å²) in [6.45, 7) is 3.23. The van der Waals surface area contributed by atoms with Crippen LogP contribution in [-0.2, 0) is 19.3 Å². The molecule has 0 aliphatic heterocycles. The largest absolute Gasteiger partial charge is 0.309 e. The van der Waals surface area contributed by atoms with Crippen LogP contribution in [0.2, 0.25) is 0 Å². The molecule has 1 N–H and O–H groups in total. The summed E-state index contributed by atoms with van der Waals surface area (Å²) in [5.41, 5.74) is 1.62. The first-order valence-corrected chi connectivity index (χ1v) is 9.83. The summed E-state index contributed by atoms with van der Waals surface area (Å²) >= 11 is 7.45. The fourth-order valence-electron chi connectivity index (χ4n) is 2.87. The van der Waals surface area contributed by atoms with Gasteiger partial charge in [-0.3, -0.25) is 0 Å². The Hall–Kier alpha value is -0.160. The lowest BCUT2D eigenvalue weighted by Crippen LogP contribution is -2.21. The van der Waals surface area contributed by atoms with E-state index in [0.717, 1.165) is 13.0 Å². The summed E-state index contributed by atoms with van der Waals surface area (Å²) in [7, 11) is 0. The third-order valence-electron chi connectivity index (χ3n) is 3.84. The molecule has 0 saturated heterocycles. The fraction of sp³-hybridized carbons (Fsp3) is 0.500. The van der Waals surface area contributed by atoms with E-state index in [-0.39, 0.29) is 0 Å². The predicted octanol–water partition coefficient (Wildman–Crippen LogP) is 5.34. The standard InChI is InChI=1S/C16H20BrNS2/c1-2-18-14(9-13-8-12(17)10-19-13)16-7-11-5-3-4-6-15(11)20-16/h7-8,10,14,18H,2-6,9H2,1H3. The molecule has 20 heavy (non-hydrogen) atoms. The summed E-state index contributed by atoms with van der Waals surface area (Å²) in [5, 5.41) is 5.85. The van der Waals surface area contributed by atoms with Gasteiger partial charge in [0.15, 0.2) is 0 Å². The average molecular weight is 370 g/mol. The van der Waals surface area contributed by atoms with Crippen LogP contribution in [-0.4, -0.2) is 6.54 Å². The highest BCUT2D eigenvalue weighted by atomic mass is 79.9. The van der Waals surface area contributed by atoms with Gasteiger partial charge in [0.25, 0.3) is 0 Å². The van der Waals surface area contributed by atoms with Crippen molar-refractivity contribution in [2.45, 2.75) is 45.1 Å². The Balaban J connectivity index is 1.80. The maximum atomic E-state index is 3.67. The molecule has 0 amide bonds. The van der Waals surface area contributed by atoms with Crippen molar-refractivity contribution in [1.82, 2.24) is 5.32 Å².